The molecule has 0 amide bonds. The third-order valence-corrected chi connectivity index (χ3v) is 8.39. The van der Waals surface area contributed by atoms with Gasteiger partial charge in [-0.15, -0.1) is 0 Å². The lowest BCUT2D eigenvalue weighted by Gasteiger charge is -2.28. The highest BCUT2D eigenvalue weighted by Gasteiger charge is 2.19. The molecular formula is C30H32FN5O4S. The van der Waals surface area contributed by atoms with E-state index in [1.165, 1.54) is 24.5 Å². The van der Waals surface area contributed by atoms with E-state index in [2.05, 4.69) is 32.0 Å². The van der Waals surface area contributed by atoms with Crippen molar-refractivity contribution < 1.29 is 22.3 Å². The minimum Gasteiger partial charge on any atom is -0.493 e. The van der Waals surface area contributed by atoms with Crippen LogP contribution >= 0.6 is 0 Å². The highest BCUT2D eigenvalue weighted by molar-refractivity contribution is 7.92. The zero-order chi connectivity index (χ0) is 28.8. The van der Waals surface area contributed by atoms with Gasteiger partial charge in [0.15, 0.2) is 11.5 Å². The van der Waals surface area contributed by atoms with Crippen molar-refractivity contribution in [3.63, 3.8) is 0 Å². The standard InChI is InChI=1S/C30H32FN5O4S/c1-36-15-13-21(14-16-36)19-40-27-12-7-22(17-28(27)39-2)26-18-30(33-20-32-26)34-23-8-10-24(11-9-23)35-41(37,38)29-6-4-3-5-25(29)31/h3-12,17-18,20-21,35H,13-16,19H2,1-2H3,(H,32,33,34). The molecule has 214 valence electrons. The number of halogens is 1. The van der Waals surface area contributed by atoms with Crippen molar-refractivity contribution in [3.05, 3.63) is 84.9 Å². The van der Waals surface area contributed by atoms with Crippen molar-refractivity contribution in [2.75, 3.05) is 43.9 Å². The molecule has 2 heterocycles. The molecule has 1 aromatic heterocycles. The Bertz CT molecular complexity index is 1590. The van der Waals surface area contributed by atoms with Crippen LogP contribution in [0.1, 0.15) is 12.8 Å². The molecule has 0 radical (unpaired) electrons. The molecule has 1 saturated heterocycles. The fourth-order valence-electron chi connectivity index (χ4n) is 4.61. The average Bonchev–Trinajstić information content (AvgIpc) is 2.98. The summed E-state index contributed by atoms with van der Waals surface area (Å²) in [7, 11) is -0.294. The lowest BCUT2D eigenvalue weighted by atomic mass is 9.98. The maximum Gasteiger partial charge on any atom is 0.264 e. The van der Waals surface area contributed by atoms with Crippen LogP contribution in [0, 0.1) is 11.7 Å². The largest absolute Gasteiger partial charge is 0.493 e. The Kier molecular flexibility index (Phi) is 8.65. The number of methoxy groups -OCH3 is 1. The zero-order valence-corrected chi connectivity index (χ0v) is 23.7. The van der Waals surface area contributed by atoms with Gasteiger partial charge < -0.3 is 19.7 Å². The van der Waals surface area contributed by atoms with Gasteiger partial charge in [-0.25, -0.2) is 22.8 Å². The Hall–Kier alpha value is -4.22. The minimum absolute atomic E-state index is 0.299. The lowest BCUT2D eigenvalue weighted by molar-refractivity contribution is 0.157. The summed E-state index contributed by atoms with van der Waals surface area (Å²) in [5.41, 5.74) is 2.51. The molecule has 1 aliphatic rings. The molecule has 0 aliphatic carbocycles. The first kappa shape index (κ1) is 28.3. The fourth-order valence-corrected chi connectivity index (χ4v) is 5.75. The van der Waals surface area contributed by atoms with Crippen molar-refractivity contribution in [2.24, 2.45) is 5.92 Å². The molecule has 1 fully saturated rings. The number of piperidine rings is 1. The molecule has 3 aromatic carbocycles. The predicted molar refractivity (Wildman–Crippen MR) is 157 cm³/mol. The molecule has 0 atom stereocenters. The van der Waals surface area contributed by atoms with Crippen molar-refractivity contribution in [1.29, 1.82) is 0 Å². The average molecular weight is 578 g/mol. The number of rotatable bonds is 10. The molecule has 4 aromatic rings. The smallest absolute Gasteiger partial charge is 0.264 e. The Morgan fingerprint density at radius 3 is 2.41 bits per heavy atom. The van der Waals surface area contributed by atoms with Crippen LogP contribution in [0.4, 0.5) is 21.6 Å². The van der Waals surface area contributed by atoms with E-state index in [1.54, 1.807) is 31.4 Å². The summed E-state index contributed by atoms with van der Waals surface area (Å²) >= 11 is 0. The number of hydrogen-bond donors (Lipinski definition) is 2. The molecule has 11 heteroatoms. The first-order chi connectivity index (χ1) is 19.8. The number of anilines is 3. The van der Waals surface area contributed by atoms with Gasteiger partial charge in [0.25, 0.3) is 10.0 Å². The second-order valence-corrected chi connectivity index (χ2v) is 11.6. The first-order valence-electron chi connectivity index (χ1n) is 13.3. The Morgan fingerprint density at radius 2 is 1.68 bits per heavy atom. The molecule has 0 saturated carbocycles. The molecule has 9 nitrogen and oxygen atoms in total. The number of nitrogens with zero attached hydrogens (tertiary/aromatic N) is 3. The van der Waals surface area contributed by atoms with Crippen LogP contribution in [0.25, 0.3) is 11.3 Å². The Labute approximate surface area is 239 Å². The van der Waals surface area contributed by atoms with E-state index in [4.69, 9.17) is 9.47 Å². The molecule has 5 rings (SSSR count). The SMILES string of the molecule is COc1cc(-c2cc(Nc3ccc(NS(=O)(=O)c4ccccc4F)cc3)ncn2)ccc1OCC1CCN(C)CC1. The van der Waals surface area contributed by atoms with Crippen molar-refractivity contribution in [1.82, 2.24) is 14.9 Å². The molecule has 41 heavy (non-hydrogen) atoms. The topological polar surface area (TPSA) is 106 Å². The predicted octanol–water partition coefficient (Wildman–Crippen LogP) is 5.56. The number of aromatic nitrogens is 2. The Balaban J connectivity index is 1.24. The van der Waals surface area contributed by atoms with Crippen LogP contribution in [0.5, 0.6) is 11.5 Å². The van der Waals surface area contributed by atoms with E-state index in [9.17, 15) is 12.8 Å². The number of ether oxygens (including phenoxy) is 2. The van der Waals surface area contributed by atoms with Crippen LogP contribution in [0.15, 0.2) is 84.0 Å². The quantitative estimate of drug-likeness (QED) is 0.253. The van der Waals surface area contributed by atoms with Gasteiger partial charge in [-0.05, 0) is 93.5 Å². The van der Waals surface area contributed by atoms with Gasteiger partial charge >= 0.3 is 0 Å². The molecule has 0 bridgehead atoms. The minimum atomic E-state index is -4.06. The molecular weight excluding hydrogens is 545 g/mol. The summed E-state index contributed by atoms with van der Waals surface area (Å²) in [5.74, 6) is 1.61. The number of likely N-dealkylation sites (tertiary alicyclic amines) is 1. The second kappa shape index (κ2) is 12.5. The maximum atomic E-state index is 14.0. The van der Waals surface area contributed by atoms with Crippen LogP contribution < -0.4 is 19.5 Å². The highest BCUT2D eigenvalue weighted by atomic mass is 32.2. The number of nitrogens with one attached hydrogen (secondary N) is 2. The van der Waals surface area contributed by atoms with Gasteiger partial charge in [0, 0.05) is 23.0 Å². The summed E-state index contributed by atoms with van der Waals surface area (Å²) in [4.78, 5) is 10.6. The van der Waals surface area contributed by atoms with Gasteiger partial charge in [-0.2, -0.15) is 0 Å². The normalized spacial score (nSPS) is 14.4. The lowest BCUT2D eigenvalue weighted by Crippen LogP contribution is -2.32. The maximum absolute atomic E-state index is 14.0. The summed E-state index contributed by atoms with van der Waals surface area (Å²) in [6.45, 7) is 2.84. The monoisotopic (exact) mass is 577 g/mol. The molecule has 1 aliphatic heterocycles. The summed E-state index contributed by atoms with van der Waals surface area (Å²) in [5, 5.41) is 3.20. The van der Waals surface area contributed by atoms with Gasteiger partial charge in [-0.3, -0.25) is 4.72 Å². The van der Waals surface area contributed by atoms with Gasteiger partial charge in [-0.1, -0.05) is 12.1 Å². The van der Waals surface area contributed by atoms with Crippen LogP contribution in [0.2, 0.25) is 0 Å². The van der Waals surface area contributed by atoms with E-state index < -0.39 is 20.7 Å². The third kappa shape index (κ3) is 7.11. The van der Waals surface area contributed by atoms with Crippen LogP contribution in [-0.2, 0) is 10.0 Å². The fraction of sp³-hybridized carbons (Fsp3) is 0.267. The molecule has 0 unspecified atom stereocenters. The first-order valence-corrected chi connectivity index (χ1v) is 14.8. The van der Waals surface area contributed by atoms with E-state index in [1.807, 2.05) is 24.3 Å². The summed E-state index contributed by atoms with van der Waals surface area (Å²) in [6, 6.07) is 19.3. The van der Waals surface area contributed by atoms with Crippen molar-refractivity contribution >= 4 is 27.2 Å². The van der Waals surface area contributed by atoms with E-state index in [0.29, 0.717) is 46.9 Å². The van der Waals surface area contributed by atoms with Gasteiger partial charge in [0.2, 0.25) is 0 Å². The third-order valence-electron chi connectivity index (χ3n) is 6.97. The van der Waals surface area contributed by atoms with E-state index in [0.717, 1.165) is 37.6 Å². The number of benzene rings is 3. The van der Waals surface area contributed by atoms with Crippen LogP contribution in [0.3, 0.4) is 0 Å². The van der Waals surface area contributed by atoms with Gasteiger partial charge in [0.05, 0.1) is 19.4 Å². The summed E-state index contributed by atoms with van der Waals surface area (Å²) in [6.07, 6.45) is 3.71. The highest BCUT2D eigenvalue weighted by Crippen LogP contribution is 2.33. The number of hydrogen-bond acceptors (Lipinski definition) is 8. The van der Waals surface area contributed by atoms with E-state index >= 15 is 0 Å². The Morgan fingerprint density at radius 1 is 0.951 bits per heavy atom. The summed E-state index contributed by atoms with van der Waals surface area (Å²) < 4.78 is 53.2. The van der Waals surface area contributed by atoms with Crippen molar-refractivity contribution in [3.8, 4) is 22.8 Å². The van der Waals surface area contributed by atoms with E-state index in [-0.39, 0.29) is 0 Å². The van der Waals surface area contributed by atoms with Gasteiger partial charge in [0.1, 0.15) is 22.9 Å². The molecule has 2 N–H and O–H groups in total. The zero-order valence-electron chi connectivity index (χ0n) is 22.9. The second-order valence-electron chi connectivity index (χ2n) is 9.95. The van der Waals surface area contributed by atoms with Crippen molar-refractivity contribution in [2.45, 2.75) is 17.7 Å². The number of sulfonamides is 1. The molecule has 0 spiro atoms. The van der Waals surface area contributed by atoms with Crippen LogP contribution in [-0.4, -0.2) is 57.1 Å².